The van der Waals surface area contributed by atoms with Gasteiger partial charge in [0.2, 0.25) is 0 Å². The molecule has 1 heterocycles. The van der Waals surface area contributed by atoms with Crippen molar-refractivity contribution in [3.05, 3.63) is 16.5 Å². The van der Waals surface area contributed by atoms with Gasteiger partial charge in [-0.1, -0.05) is 0 Å². The zero-order chi connectivity index (χ0) is 12.3. The number of halogens is 1. The molecule has 0 spiro atoms. The molecule has 0 aliphatic heterocycles. The minimum atomic E-state index is 0.0886. The second-order valence-electron chi connectivity index (χ2n) is 4.68. The van der Waals surface area contributed by atoms with Gasteiger partial charge in [-0.3, -0.25) is 0 Å². The normalized spacial score (nSPS) is 11.9. The Bertz CT molecular complexity index is 343. The first-order valence-corrected chi connectivity index (χ1v) is 6.03. The fourth-order valence-electron chi connectivity index (χ4n) is 1.09. The zero-order valence-corrected chi connectivity index (χ0v) is 12.1. The third-order valence-electron chi connectivity index (χ3n) is 2.72. The van der Waals surface area contributed by atoms with E-state index in [2.05, 4.69) is 64.1 Å². The molecule has 0 aliphatic rings. The number of aryl methyl sites for hydroxylation is 1. The summed E-state index contributed by atoms with van der Waals surface area (Å²) in [4.78, 5) is 10.7. The minimum absolute atomic E-state index is 0.0886. The molecule has 1 N–H and O–H groups in total. The van der Waals surface area contributed by atoms with Crippen LogP contribution in [-0.4, -0.2) is 41.0 Å². The number of hydrogen-bond donors (Lipinski definition) is 1. The lowest BCUT2D eigenvalue weighted by atomic mass is 10.0. The maximum absolute atomic E-state index is 4.33. The molecule has 1 aromatic heterocycles. The van der Waals surface area contributed by atoms with Gasteiger partial charge in [0.15, 0.2) is 0 Å². The van der Waals surface area contributed by atoms with E-state index >= 15 is 0 Å². The monoisotopic (exact) mass is 286 g/mol. The Morgan fingerprint density at radius 3 is 2.50 bits per heavy atom. The second kappa shape index (κ2) is 5.10. The number of hydrogen-bond acceptors (Lipinski definition) is 4. The van der Waals surface area contributed by atoms with E-state index in [-0.39, 0.29) is 5.54 Å². The molecule has 0 radical (unpaired) electrons. The molecule has 5 heteroatoms. The van der Waals surface area contributed by atoms with E-state index in [1.165, 1.54) is 0 Å². The smallest absolute Gasteiger partial charge is 0.130 e. The number of anilines is 1. The topological polar surface area (TPSA) is 41.1 Å². The highest BCUT2D eigenvalue weighted by atomic mass is 79.9. The molecule has 0 aliphatic carbocycles. The number of rotatable bonds is 4. The van der Waals surface area contributed by atoms with E-state index in [0.29, 0.717) is 0 Å². The van der Waals surface area contributed by atoms with E-state index in [4.69, 9.17) is 0 Å². The van der Waals surface area contributed by atoms with Crippen LogP contribution in [0.4, 0.5) is 5.82 Å². The van der Waals surface area contributed by atoms with E-state index in [9.17, 15) is 0 Å². The molecular weight excluding hydrogens is 268 g/mol. The molecule has 0 saturated carbocycles. The highest BCUT2D eigenvalue weighted by molar-refractivity contribution is 9.10. The Morgan fingerprint density at radius 2 is 2.00 bits per heavy atom. The first-order chi connectivity index (χ1) is 7.31. The van der Waals surface area contributed by atoms with Crippen molar-refractivity contribution >= 4 is 21.7 Å². The summed E-state index contributed by atoms with van der Waals surface area (Å²) in [6.07, 6.45) is 0. The maximum atomic E-state index is 4.33. The molecule has 90 valence electrons. The Morgan fingerprint density at radius 1 is 1.38 bits per heavy atom. The van der Waals surface area contributed by atoms with Crippen LogP contribution in [0.1, 0.15) is 19.7 Å². The lowest BCUT2D eigenvalue weighted by Crippen LogP contribution is -2.44. The highest BCUT2D eigenvalue weighted by Crippen LogP contribution is 2.15. The number of likely N-dealkylation sites (N-methyl/N-ethyl adjacent to an activating group) is 1. The van der Waals surface area contributed by atoms with E-state index in [1.807, 2.05) is 13.0 Å². The molecule has 0 saturated heterocycles. The Kier molecular flexibility index (Phi) is 4.27. The zero-order valence-electron chi connectivity index (χ0n) is 10.5. The van der Waals surface area contributed by atoms with Crippen molar-refractivity contribution in [3.63, 3.8) is 0 Å². The Balaban J connectivity index is 2.68. The molecule has 0 amide bonds. The molecule has 1 aromatic rings. The van der Waals surface area contributed by atoms with Crippen molar-refractivity contribution in [3.8, 4) is 0 Å². The summed E-state index contributed by atoms with van der Waals surface area (Å²) in [6.45, 7) is 7.09. The van der Waals surface area contributed by atoms with E-state index < -0.39 is 0 Å². The van der Waals surface area contributed by atoms with Crippen LogP contribution in [0.5, 0.6) is 0 Å². The lowest BCUT2D eigenvalue weighted by Gasteiger charge is -2.32. The summed E-state index contributed by atoms with van der Waals surface area (Å²) < 4.78 is 0.810. The fourth-order valence-corrected chi connectivity index (χ4v) is 1.56. The Hall–Kier alpha value is -0.680. The van der Waals surface area contributed by atoms with Crippen molar-refractivity contribution in [2.75, 3.05) is 26.0 Å². The molecule has 0 aromatic carbocycles. The van der Waals surface area contributed by atoms with Crippen LogP contribution >= 0.6 is 15.9 Å². The number of nitrogens with zero attached hydrogens (tertiary/aromatic N) is 3. The fraction of sp³-hybridized carbons (Fsp3) is 0.636. The molecule has 0 atom stereocenters. The molecule has 1 rings (SSSR count). The van der Waals surface area contributed by atoms with Gasteiger partial charge in [0.1, 0.15) is 16.2 Å². The average molecular weight is 287 g/mol. The summed E-state index contributed by atoms with van der Waals surface area (Å²) in [5.41, 5.74) is 0.0886. The molecule has 16 heavy (non-hydrogen) atoms. The number of aromatic nitrogens is 2. The summed E-state index contributed by atoms with van der Waals surface area (Å²) in [5.74, 6) is 1.62. The minimum Gasteiger partial charge on any atom is -0.368 e. The Labute approximate surface area is 106 Å². The summed E-state index contributed by atoms with van der Waals surface area (Å²) >= 11 is 3.36. The van der Waals surface area contributed by atoms with Crippen molar-refractivity contribution in [2.24, 2.45) is 0 Å². The third kappa shape index (κ3) is 3.72. The molecule has 0 bridgehead atoms. The summed E-state index contributed by atoms with van der Waals surface area (Å²) in [5, 5.41) is 3.33. The highest BCUT2D eigenvalue weighted by Gasteiger charge is 2.20. The van der Waals surface area contributed by atoms with Gasteiger partial charge in [-0.05, 0) is 50.8 Å². The maximum Gasteiger partial charge on any atom is 0.130 e. The van der Waals surface area contributed by atoms with E-state index in [1.54, 1.807) is 0 Å². The first kappa shape index (κ1) is 13.4. The quantitative estimate of drug-likeness (QED) is 0.863. The summed E-state index contributed by atoms with van der Waals surface area (Å²) in [6, 6.07) is 1.89. The van der Waals surface area contributed by atoms with Gasteiger partial charge in [-0.25, -0.2) is 9.97 Å². The van der Waals surface area contributed by atoms with Crippen LogP contribution in [-0.2, 0) is 0 Å². The van der Waals surface area contributed by atoms with Crippen LogP contribution in [0.3, 0.4) is 0 Å². The lowest BCUT2D eigenvalue weighted by molar-refractivity contribution is 0.210. The molecular formula is C11H19BrN4. The molecule has 4 nitrogen and oxygen atoms in total. The van der Waals surface area contributed by atoms with Crippen LogP contribution in [0, 0.1) is 6.92 Å². The van der Waals surface area contributed by atoms with Crippen molar-refractivity contribution in [2.45, 2.75) is 26.3 Å². The van der Waals surface area contributed by atoms with Crippen LogP contribution in [0.25, 0.3) is 0 Å². The van der Waals surface area contributed by atoms with Gasteiger partial charge >= 0.3 is 0 Å². The first-order valence-electron chi connectivity index (χ1n) is 5.24. The van der Waals surface area contributed by atoms with Crippen LogP contribution in [0.2, 0.25) is 0 Å². The standard InChI is InChI=1S/C11H19BrN4/c1-8-14-9(12)6-10(15-8)13-7-11(2,3)16(4)5/h6H,7H2,1-5H3,(H,13,14,15). The molecule has 0 fully saturated rings. The largest absolute Gasteiger partial charge is 0.368 e. The second-order valence-corrected chi connectivity index (χ2v) is 5.50. The van der Waals surface area contributed by atoms with Crippen molar-refractivity contribution in [1.82, 2.24) is 14.9 Å². The van der Waals surface area contributed by atoms with E-state index in [0.717, 1.165) is 22.8 Å². The van der Waals surface area contributed by atoms with Gasteiger partial charge in [0.05, 0.1) is 0 Å². The third-order valence-corrected chi connectivity index (χ3v) is 3.13. The SMILES string of the molecule is Cc1nc(Br)cc(NCC(C)(C)N(C)C)n1. The summed E-state index contributed by atoms with van der Waals surface area (Å²) in [7, 11) is 4.14. The van der Waals surface area contributed by atoms with Gasteiger partial charge < -0.3 is 10.2 Å². The molecule has 0 unspecified atom stereocenters. The van der Waals surface area contributed by atoms with Crippen molar-refractivity contribution in [1.29, 1.82) is 0 Å². The predicted molar refractivity (Wildman–Crippen MR) is 70.7 cm³/mol. The van der Waals surface area contributed by atoms with Gasteiger partial charge in [0.25, 0.3) is 0 Å². The van der Waals surface area contributed by atoms with Crippen LogP contribution < -0.4 is 5.32 Å². The van der Waals surface area contributed by atoms with Crippen molar-refractivity contribution < 1.29 is 0 Å². The van der Waals surface area contributed by atoms with Crippen LogP contribution in [0.15, 0.2) is 10.7 Å². The predicted octanol–water partition coefficient (Wildman–Crippen LogP) is 2.30. The van der Waals surface area contributed by atoms with Gasteiger partial charge in [0, 0.05) is 18.2 Å². The number of nitrogens with one attached hydrogen (secondary N) is 1. The van der Waals surface area contributed by atoms with Gasteiger partial charge in [-0.2, -0.15) is 0 Å². The average Bonchev–Trinajstić information content (AvgIpc) is 2.13. The van der Waals surface area contributed by atoms with Gasteiger partial charge in [-0.15, -0.1) is 0 Å².